The number of hydrogen-bond acceptors (Lipinski definition) is 4. The summed E-state index contributed by atoms with van der Waals surface area (Å²) in [6.45, 7) is 4.13. The molecule has 0 aromatic carbocycles. The van der Waals surface area contributed by atoms with Crippen molar-refractivity contribution in [2.75, 3.05) is 6.61 Å². The Morgan fingerprint density at radius 3 is 1.19 bits per heavy atom. The molecule has 0 aliphatic heterocycles. The molecule has 0 rings (SSSR count). The SMILES string of the molecule is CCCCC/C=C/CC/C=C/CCCC(O)C(O)C(CO)NC(=O)CCCCCCCCCCCCC/C=C\CCCCCCCCCCCCCC. The molecule has 3 atom stereocenters. The van der Waals surface area contributed by atoms with Crippen molar-refractivity contribution in [1.82, 2.24) is 5.32 Å². The fraction of sp³-hybridized carbons (Fsp3) is 0.854. The van der Waals surface area contributed by atoms with E-state index in [1.165, 1.54) is 167 Å². The predicted octanol–water partition coefficient (Wildman–Crippen LogP) is 13.5. The van der Waals surface area contributed by atoms with Crippen molar-refractivity contribution in [3.05, 3.63) is 36.5 Å². The van der Waals surface area contributed by atoms with Gasteiger partial charge in [-0.3, -0.25) is 4.79 Å². The van der Waals surface area contributed by atoms with E-state index >= 15 is 0 Å². The number of aliphatic hydroxyl groups excluding tert-OH is 3. The first kappa shape index (κ1) is 51.6. The van der Waals surface area contributed by atoms with E-state index in [1.807, 2.05) is 0 Å². The molecule has 0 bridgehead atoms. The molecule has 0 saturated carbocycles. The number of aliphatic hydroxyl groups is 3. The molecule has 4 N–H and O–H groups in total. The number of carbonyl (C=O) groups is 1. The van der Waals surface area contributed by atoms with Crippen molar-refractivity contribution >= 4 is 5.91 Å². The fourth-order valence-electron chi connectivity index (χ4n) is 7.06. The van der Waals surface area contributed by atoms with Crippen molar-refractivity contribution < 1.29 is 20.1 Å². The Labute approximate surface area is 330 Å². The zero-order valence-corrected chi connectivity index (χ0v) is 35.4. The fourth-order valence-corrected chi connectivity index (χ4v) is 7.06. The molecule has 0 spiro atoms. The summed E-state index contributed by atoms with van der Waals surface area (Å²) in [5.74, 6) is -0.160. The summed E-state index contributed by atoms with van der Waals surface area (Å²) in [7, 11) is 0. The van der Waals surface area contributed by atoms with Crippen LogP contribution in [0.25, 0.3) is 0 Å². The molecular formula is C48H91NO4. The van der Waals surface area contributed by atoms with Crippen LogP contribution in [0.3, 0.4) is 0 Å². The van der Waals surface area contributed by atoms with Crippen LogP contribution in [0.1, 0.15) is 239 Å². The molecule has 0 aliphatic carbocycles. The first-order valence-corrected chi connectivity index (χ1v) is 23.3. The largest absolute Gasteiger partial charge is 0.394 e. The van der Waals surface area contributed by atoms with Gasteiger partial charge >= 0.3 is 0 Å². The van der Waals surface area contributed by atoms with Crippen molar-refractivity contribution in [3.8, 4) is 0 Å². The van der Waals surface area contributed by atoms with Gasteiger partial charge in [0, 0.05) is 6.42 Å². The maximum Gasteiger partial charge on any atom is 0.220 e. The molecule has 312 valence electrons. The lowest BCUT2D eigenvalue weighted by Crippen LogP contribution is -2.50. The Bertz CT molecular complexity index is 824. The normalized spacial score (nSPS) is 13.8. The van der Waals surface area contributed by atoms with Crippen LogP contribution >= 0.6 is 0 Å². The van der Waals surface area contributed by atoms with E-state index in [2.05, 4.69) is 55.6 Å². The first-order valence-electron chi connectivity index (χ1n) is 23.3. The van der Waals surface area contributed by atoms with E-state index < -0.39 is 18.2 Å². The summed E-state index contributed by atoms with van der Waals surface area (Å²) in [5.41, 5.74) is 0. The lowest BCUT2D eigenvalue weighted by Gasteiger charge is -2.26. The number of allylic oxidation sites excluding steroid dienone is 6. The molecule has 5 heteroatoms. The van der Waals surface area contributed by atoms with Gasteiger partial charge < -0.3 is 20.6 Å². The Morgan fingerprint density at radius 1 is 0.453 bits per heavy atom. The highest BCUT2D eigenvalue weighted by molar-refractivity contribution is 5.76. The van der Waals surface area contributed by atoms with Gasteiger partial charge in [0.15, 0.2) is 0 Å². The molecule has 0 saturated heterocycles. The molecule has 0 aliphatic rings. The molecule has 5 nitrogen and oxygen atoms in total. The standard InChI is InChI=1S/C48H91NO4/c1-3-5-7-9-11-13-15-17-18-19-20-21-22-23-24-25-26-27-28-29-30-31-33-35-37-39-41-43-47(52)49-45(44-50)48(53)46(51)42-40-38-36-34-32-16-14-12-10-8-6-4-2/h12,14,23-24,34,36,45-46,48,50-51,53H,3-11,13,15-22,25-33,35,37-44H2,1-2H3,(H,49,52)/b14-12+,24-23-,36-34+. The molecule has 3 unspecified atom stereocenters. The lowest BCUT2D eigenvalue weighted by molar-refractivity contribution is -0.124. The van der Waals surface area contributed by atoms with Crippen LogP contribution in [0, 0.1) is 0 Å². The number of carbonyl (C=O) groups excluding carboxylic acids is 1. The zero-order chi connectivity index (χ0) is 38.7. The Morgan fingerprint density at radius 2 is 0.774 bits per heavy atom. The van der Waals surface area contributed by atoms with Gasteiger partial charge in [0.25, 0.3) is 0 Å². The number of unbranched alkanes of at least 4 members (excludes halogenated alkanes) is 28. The minimum atomic E-state index is -1.17. The van der Waals surface area contributed by atoms with E-state index in [4.69, 9.17) is 0 Å². The van der Waals surface area contributed by atoms with Gasteiger partial charge in [0.2, 0.25) is 5.91 Å². The van der Waals surface area contributed by atoms with Crippen molar-refractivity contribution in [2.24, 2.45) is 0 Å². The van der Waals surface area contributed by atoms with Crippen molar-refractivity contribution in [1.29, 1.82) is 0 Å². The minimum absolute atomic E-state index is 0.160. The molecule has 0 radical (unpaired) electrons. The van der Waals surface area contributed by atoms with Crippen molar-refractivity contribution in [3.63, 3.8) is 0 Å². The second-order valence-corrected chi connectivity index (χ2v) is 15.9. The van der Waals surface area contributed by atoms with Crippen LogP contribution in [0.4, 0.5) is 0 Å². The summed E-state index contributed by atoms with van der Waals surface area (Å²) in [6, 6.07) is -0.831. The van der Waals surface area contributed by atoms with Gasteiger partial charge in [-0.15, -0.1) is 0 Å². The first-order chi connectivity index (χ1) is 26.1. The summed E-state index contributed by atoms with van der Waals surface area (Å²) >= 11 is 0. The van der Waals surface area contributed by atoms with Gasteiger partial charge in [-0.05, 0) is 77.0 Å². The third-order valence-corrected chi connectivity index (χ3v) is 10.7. The summed E-state index contributed by atoms with van der Waals surface area (Å²) in [5, 5.41) is 33.4. The van der Waals surface area contributed by atoms with Crippen LogP contribution in [-0.2, 0) is 4.79 Å². The van der Waals surface area contributed by atoms with E-state index in [0.717, 1.165) is 44.9 Å². The number of nitrogens with one attached hydrogen (secondary N) is 1. The highest BCUT2D eigenvalue weighted by Gasteiger charge is 2.26. The molecule has 0 aromatic heterocycles. The van der Waals surface area contributed by atoms with Gasteiger partial charge in [-0.1, -0.05) is 192 Å². The van der Waals surface area contributed by atoms with E-state index in [1.54, 1.807) is 0 Å². The van der Waals surface area contributed by atoms with Crippen LogP contribution in [-0.4, -0.2) is 46.1 Å². The summed E-state index contributed by atoms with van der Waals surface area (Å²) in [4.78, 5) is 12.4. The lowest BCUT2D eigenvalue weighted by atomic mass is 10.0. The van der Waals surface area contributed by atoms with E-state index in [9.17, 15) is 20.1 Å². The topological polar surface area (TPSA) is 89.8 Å². The second kappa shape index (κ2) is 43.3. The van der Waals surface area contributed by atoms with Gasteiger partial charge in [0.05, 0.1) is 18.8 Å². The van der Waals surface area contributed by atoms with Gasteiger partial charge in [0.1, 0.15) is 6.10 Å². The maximum absolute atomic E-state index is 12.4. The van der Waals surface area contributed by atoms with Crippen LogP contribution in [0.15, 0.2) is 36.5 Å². The van der Waals surface area contributed by atoms with Crippen molar-refractivity contribution in [2.45, 2.75) is 257 Å². The van der Waals surface area contributed by atoms with Gasteiger partial charge in [-0.2, -0.15) is 0 Å². The summed E-state index contributed by atoms with van der Waals surface area (Å²) in [6.07, 6.45) is 54.2. The molecule has 0 fully saturated rings. The van der Waals surface area contributed by atoms with E-state index in [-0.39, 0.29) is 12.5 Å². The number of amides is 1. The number of rotatable bonds is 42. The average Bonchev–Trinajstić information content (AvgIpc) is 3.16. The molecule has 53 heavy (non-hydrogen) atoms. The zero-order valence-electron chi connectivity index (χ0n) is 35.4. The smallest absolute Gasteiger partial charge is 0.220 e. The van der Waals surface area contributed by atoms with Gasteiger partial charge in [-0.25, -0.2) is 0 Å². The minimum Gasteiger partial charge on any atom is -0.394 e. The number of hydrogen-bond donors (Lipinski definition) is 4. The predicted molar refractivity (Wildman–Crippen MR) is 231 cm³/mol. The third-order valence-electron chi connectivity index (χ3n) is 10.7. The Balaban J connectivity index is 3.57. The summed E-state index contributed by atoms with van der Waals surface area (Å²) < 4.78 is 0. The molecule has 0 heterocycles. The van der Waals surface area contributed by atoms with E-state index in [0.29, 0.717) is 12.8 Å². The van der Waals surface area contributed by atoms with Crippen LogP contribution < -0.4 is 5.32 Å². The molecule has 0 aromatic rings. The highest BCUT2D eigenvalue weighted by atomic mass is 16.3. The molecule has 1 amide bonds. The van der Waals surface area contributed by atoms with Crippen LogP contribution in [0.5, 0.6) is 0 Å². The Hall–Kier alpha value is -1.43. The quantitative estimate of drug-likeness (QED) is 0.0370. The Kier molecular flexibility index (Phi) is 42.1. The maximum atomic E-state index is 12.4. The third kappa shape index (κ3) is 38.6. The monoisotopic (exact) mass is 746 g/mol. The average molecular weight is 746 g/mol. The second-order valence-electron chi connectivity index (χ2n) is 15.9. The molecular weight excluding hydrogens is 655 g/mol. The van der Waals surface area contributed by atoms with Crippen LogP contribution in [0.2, 0.25) is 0 Å². The highest BCUT2D eigenvalue weighted by Crippen LogP contribution is 2.15.